The molecule has 6 heteroatoms. The number of nitrogens with zero attached hydrogens (tertiary/aromatic N) is 2. The molecule has 1 aromatic heterocycles. The number of carbonyl (C=O) groups is 1. The average molecular weight is 391 g/mol. The largest absolute Gasteiger partial charge is 0.496 e. The lowest BCUT2D eigenvalue weighted by Gasteiger charge is -2.40. The number of hydrogen-bond donors (Lipinski definition) is 0. The number of piperidine rings is 1. The smallest absolute Gasteiger partial charge is 0.257 e. The van der Waals surface area contributed by atoms with Crippen LogP contribution >= 0.6 is 22.9 Å². The number of halogens is 1. The van der Waals surface area contributed by atoms with Gasteiger partial charge in [-0.1, -0.05) is 11.6 Å². The Kier molecular flexibility index (Phi) is 5.20. The predicted molar refractivity (Wildman–Crippen MR) is 105 cm³/mol. The number of benzene rings is 1. The third kappa shape index (κ3) is 3.48. The van der Waals surface area contributed by atoms with E-state index in [9.17, 15) is 4.79 Å². The molecule has 138 valence electrons. The summed E-state index contributed by atoms with van der Waals surface area (Å²) < 4.78 is 5.34. The Morgan fingerprint density at radius 3 is 2.81 bits per heavy atom. The van der Waals surface area contributed by atoms with Crippen LogP contribution in [0.5, 0.6) is 5.75 Å². The molecule has 2 aromatic rings. The standard InChI is InChI=1S/C20H23ClN2O2S/c1-25-18-3-2-15(21)12-17(18)20(24)22-8-4-16(5-9-22)23-10-6-19-14(13-23)7-11-26-19/h2-3,7,11-12,16H,4-6,8-10,13H2,1H3. The molecule has 3 heterocycles. The summed E-state index contributed by atoms with van der Waals surface area (Å²) in [5.74, 6) is 0.601. The maximum absolute atomic E-state index is 12.9. The summed E-state index contributed by atoms with van der Waals surface area (Å²) in [6, 6.07) is 8.04. The molecule has 2 aliphatic heterocycles. The fourth-order valence-electron chi connectivity index (χ4n) is 4.03. The van der Waals surface area contributed by atoms with E-state index in [2.05, 4.69) is 16.3 Å². The SMILES string of the molecule is COc1ccc(Cl)cc1C(=O)N1CCC(N2CCc3sccc3C2)CC1. The number of thiophene rings is 1. The van der Waals surface area contributed by atoms with E-state index in [0.717, 1.165) is 45.4 Å². The van der Waals surface area contributed by atoms with Crippen LogP contribution in [-0.4, -0.2) is 48.5 Å². The summed E-state index contributed by atoms with van der Waals surface area (Å²) in [6.07, 6.45) is 3.20. The van der Waals surface area contributed by atoms with Crippen molar-refractivity contribution >= 4 is 28.8 Å². The first kappa shape index (κ1) is 17.8. The summed E-state index contributed by atoms with van der Waals surface area (Å²) >= 11 is 7.96. The number of amides is 1. The predicted octanol–water partition coefficient (Wildman–Crippen LogP) is 4.07. The van der Waals surface area contributed by atoms with E-state index in [1.54, 1.807) is 30.2 Å². The van der Waals surface area contributed by atoms with Gasteiger partial charge < -0.3 is 9.64 Å². The Morgan fingerprint density at radius 2 is 2.04 bits per heavy atom. The first-order valence-corrected chi connectivity index (χ1v) is 10.3. The minimum Gasteiger partial charge on any atom is -0.496 e. The lowest BCUT2D eigenvalue weighted by atomic mass is 9.99. The van der Waals surface area contributed by atoms with Gasteiger partial charge in [-0.2, -0.15) is 0 Å². The molecule has 1 aromatic carbocycles. The van der Waals surface area contributed by atoms with Gasteiger partial charge >= 0.3 is 0 Å². The van der Waals surface area contributed by atoms with Crippen LogP contribution in [0.15, 0.2) is 29.6 Å². The molecular formula is C20H23ClN2O2S. The van der Waals surface area contributed by atoms with Crippen molar-refractivity contribution in [1.29, 1.82) is 0 Å². The average Bonchev–Trinajstić information content (AvgIpc) is 3.15. The van der Waals surface area contributed by atoms with E-state index in [1.807, 2.05) is 16.2 Å². The van der Waals surface area contributed by atoms with Crippen LogP contribution in [0.1, 0.15) is 33.6 Å². The highest BCUT2D eigenvalue weighted by Gasteiger charge is 2.30. The van der Waals surface area contributed by atoms with Crippen LogP contribution in [0.2, 0.25) is 5.02 Å². The van der Waals surface area contributed by atoms with Crippen molar-refractivity contribution < 1.29 is 9.53 Å². The number of rotatable bonds is 3. The monoisotopic (exact) mass is 390 g/mol. The van der Waals surface area contributed by atoms with Gasteiger partial charge in [-0.05, 0) is 54.5 Å². The van der Waals surface area contributed by atoms with Gasteiger partial charge in [0, 0.05) is 42.1 Å². The van der Waals surface area contributed by atoms with Gasteiger partial charge in [0.1, 0.15) is 5.75 Å². The first-order chi connectivity index (χ1) is 12.7. The normalized spacial score (nSPS) is 18.6. The minimum atomic E-state index is 0.0153. The van der Waals surface area contributed by atoms with Crippen molar-refractivity contribution in [3.8, 4) is 5.75 Å². The van der Waals surface area contributed by atoms with Crippen LogP contribution < -0.4 is 4.74 Å². The maximum Gasteiger partial charge on any atom is 0.257 e. The zero-order valence-corrected chi connectivity index (χ0v) is 16.5. The quantitative estimate of drug-likeness (QED) is 0.791. The second kappa shape index (κ2) is 7.59. The van der Waals surface area contributed by atoms with Gasteiger partial charge in [-0.15, -0.1) is 11.3 Å². The number of fused-ring (bicyclic) bond motifs is 1. The van der Waals surface area contributed by atoms with Gasteiger partial charge in [0.05, 0.1) is 12.7 Å². The fraction of sp³-hybridized carbons (Fsp3) is 0.450. The highest BCUT2D eigenvalue weighted by molar-refractivity contribution is 7.10. The van der Waals surface area contributed by atoms with Crippen LogP contribution in [0.3, 0.4) is 0 Å². The molecule has 0 bridgehead atoms. The summed E-state index contributed by atoms with van der Waals surface area (Å²) in [5, 5.41) is 2.76. The van der Waals surface area contributed by atoms with Crippen LogP contribution in [-0.2, 0) is 13.0 Å². The third-order valence-electron chi connectivity index (χ3n) is 5.50. The van der Waals surface area contributed by atoms with E-state index in [0.29, 0.717) is 22.4 Å². The zero-order chi connectivity index (χ0) is 18.1. The summed E-state index contributed by atoms with van der Waals surface area (Å²) in [7, 11) is 1.58. The molecule has 0 radical (unpaired) electrons. The zero-order valence-electron chi connectivity index (χ0n) is 14.9. The van der Waals surface area contributed by atoms with Crippen molar-refractivity contribution in [2.24, 2.45) is 0 Å². The Bertz CT molecular complexity index is 799. The number of methoxy groups -OCH3 is 1. The molecule has 0 saturated carbocycles. The lowest BCUT2D eigenvalue weighted by molar-refractivity contribution is 0.0597. The second-order valence-electron chi connectivity index (χ2n) is 6.96. The summed E-state index contributed by atoms with van der Waals surface area (Å²) in [4.78, 5) is 19.0. The van der Waals surface area contributed by atoms with Crippen LogP contribution in [0.25, 0.3) is 0 Å². The molecule has 1 fully saturated rings. The molecule has 1 saturated heterocycles. The van der Waals surface area contributed by atoms with Crippen LogP contribution in [0, 0.1) is 0 Å². The van der Waals surface area contributed by atoms with E-state index < -0.39 is 0 Å². The topological polar surface area (TPSA) is 32.8 Å². The molecular weight excluding hydrogens is 368 g/mol. The van der Waals surface area contributed by atoms with Gasteiger partial charge in [0.25, 0.3) is 5.91 Å². The maximum atomic E-state index is 12.9. The Hall–Kier alpha value is -1.56. The van der Waals surface area contributed by atoms with Crippen molar-refractivity contribution in [2.75, 3.05) is 26.7 Å². The van der Waals surface area contributed by atoms with Crippen molar-refractivity contribution in [3.63, 3.8) is 0 Å². The van der Waals surface area contributed by atoms with Gasteiger partial charge in [-0.3, -0.25) is 9.69 Å². The van der Waals surface area contributed by atoms with E-state index >= 15 is 0 Å². The Morgan fingerprint density at radius 1 is 1.23 bits per heavy atom. The van der Waals surface area contributed by atoms with Crippen molar-refractivity contribution in [2.45, 2.75) is 31.8 Å². The Balaban J connectivity index is 1.39. The van der Waals surface area contributed by atoms with E-state index in [1.165, 1.54) is 5.56 Å². The molecule has 1 amide bonds. The number of ether oxygens (including phenoxy) is 1. The van der Waals surface area contributed by atoms with Crippen molar-refractivity contribution in [3.05, 3.63) is 50.7 Å². The highest BCUT2D eigenvalue weighted by Crippen LogP contribution is 2.29. The molecule has 0 aliphatic carbocycles. The molecule has 0 N–H and O–H groups in total. The number of hydrogen-bond acceptors (Lipinski definition) is 4. The summed E-state index contributed by atoms with van der Waals surface area (Å²) in [6.45, 7) is 3.76. The van der Waals surface area contributed by atoms with Crippen molar-refractivity contribution in [1.82, 2.24) is 9.80 Å². The molecule has 0 unspecified atom stereocenters. The highest BCUT2D eigenvalue weighted by atomic mass is 35.5. The summed E-state index contributed by atoms with van der Waals surface area (Å²) in [5.41, 5.74) is 2.04. The first-order valence-electron chi connectivity index (χ1n) is 9.08. The second-order valence-corrected chi connectivity index (χ2v) is 8.39. The lowest BCUT2D eigenvalue weighted by Crippen LogP contribution is -2.48. The van der Waals surface area contributed by atoms with Gasteiger partial charge in [0.15, 0.2) is 0 Å². The fourth-order valence-corrected chi connectivity index (χ4v) is 5.10. The van der Waals surface area contributed by atoms with Gasteiger partial charge in [-0.25, -0.2) is 0 Å². The molecule has 26 heavy (non-hydrogen) atoms. The minimum absolute atomic E-state index is 0.0153. The molecule has 0 atom stereocenters. The molecule has 4 rings (SSSR count). The van der Waals surface area contributed by atoms with Crippen LogP contribution in [0.4, 0.5) is 0 Å². The molecule has 2 aliphatic rings. The number of carbonyl (C=O) groups excluding carboxylic acids is 1. The van der Waals surface area contributed by atoms with Gasteiger partial charge in [0.2, 0.25) is 0 Å². The Labute approximate surface area is 163 Å². The third-order valence-corrected chi connectivity index (χ3v) is 6.76. The molecule has 0 spiro atoms. The van der Waals surface area contributed by atoms with E-state index in [-0.39, 0.29) is 5.91 Å². The number of likely N-dealkylation sites (tertiary alicyclic amines) is 1. The van der Waals surface area contributed by atoms with E-state index in [4.69, 9.17) is 16.3 Å². The molecule has 4 nitrogen and oxygen atoms in total.